The number of nitrogens with zero attached hydrogens (tertiary/aromatic N) is 2. The molecule has 0 N–H and O–H groups in total. The van der Waals surface area contributed by atoms with E-state index in [4.69, 9.17) is 4.74 Å². The zero-order chi connectivity index (χ0) is 15.5. The van der Waals surface area contributed by atoms with Crippen molar-refractivity contribution in [2.24, 2.45) is 0 Å². The number of anilines is 1. The molecule has 1 aromatic rings. The number of benzene rings is 1. The van der Waals surface area contributed by atoms with E-state index in [1.165, 1.54) is 0 Å². The average Bonchev–Trinajstić information content (AvgIpc) is 3.00. The lowest BCUT2D eigenvalue weighted by Crippen LogP contribution is -2.45. The first-order valence-electron chi connectivity index (χ1n) is 8.00. The third kappa shape index (κ3) is 2.99. The van der Waals surface area contributed by atoms with Crippen LogP contribution in [0.4, 0.5) is 5.69 Å². The molecule has 0 aromatic heterocycles. The Bertz CT molecular complexity index is 556. The number of amides is 2. The van der Waals surface area contributed by atoms with E-state index in [9.17, 15) is 9.59 Å². The summed E-state index contributed by atoms with van der Waals surface area (Å²) in [6.45, 7) is 4.74. The van der Waals surface area contributed by atoms with Gasteiger partial charge >= 0.3 is 0 Å². The fraction of sp³-hybridized carbons (Fsp3) is 0.529. The number of hydrogen-bond donors (Lipinski definition) is 0. The van der Waals surface area contributed by atoms with Crippen molar-refractivity contribution in [3.05, 3.63) is 29.8 Å². The molecule has 0 radical (unpaired) electrons. The third-order valence-corrected chi connectivity index (χ3v) is 4.38. The summed E-state index contributed by atoms with van der Waals surface area (Å²) in [6.07, 6.45) is 2.58. The Balaban J connectivity index is 1.69. The molecule has 22 heavy (non-hydrogen) atoms. The van der Waals surface area contributed by atoms with Crippen LogP contribution < -0.4 is 4.90 Å². The van der Waals surface area contributed by atoms with Gasteiger partial charge in [-0.3, -0.25) is 9.59 Å². The summed E-state index contributed by atoms with van der Waals surface area (Å²) < 4.78 is 5.60. The van der Waals surface area contributed by atoms with Crippen LogP contribution in [0, 0.1) is 0 Å². The molecule has 0 spiro atoms. The van der Waals surface area contributed by atoms with Gasteiger partial charge in [0.2, 0.25) is 5.91 Å². The van der Waals surface area contributed by atoms with E-state index in [-0.39, 0.29) is 17.9 Å². The van der Waals surface area contributed by atoms with E-state index in [1.807, 2.05) is 29.2 Å². The van der Waals surface area contributed by atoms with Crippen LogP contribution in [0.25, 0.3) is 0 Å². The lowest BCUT2D eigenvalue weighted by molar-refractivity contribution is -0.117. The van der Waals surface area contributed by atoms with Gasteiger partial charge in [-0.25, -0.2) is 0 Å². The van der Waals surface area contributed by atoms with Crippen molar-refractivity contribution in [3.8, 4) is 0 Å². The predicted molar refractivity (Wildman–Crippen MR) is 84.0 cm³/mol. The molecule has 1 aromatic carbocycles. The van der Waals surface area contributed by atoms with E-state index in [0.717, 1.165) is 25.1 Å². The normalized spacial score (nSPS) is 22.2. The minimum absolute atomic E-state index is 0.0426. The van der Waals surface area contributed by atoms with Crippen LogP contribution in [-0.4, -0.2) is 49.1 Å². The monoisotopic (exact) mass is 302 g/mol. The van der Waals surface area contributed by atoms with Gasteiger partial charge in [-0.2, -0.15) is 0 Å². The van der Waals surface area contributed by atoms with Crippen molar-refractivity contribution in [2.75, 3.05) is 31.1 Å². The van der Waals surface area contributed by atoms with Crippen LogP contribution in [0.5, 0.6) is 0 Å². The molecule has 2 saturated heterocycles. The molecular formula is C17H22N2O3. The maximum absolute atomic E-state index is 12.5. The summed E-state index contributed by atoms with van der Waals surface area (Å²) in [7, 11) is 0. The quantitative estimate of drug-likeness (QED) is 0.859. The molecule has 2 fully saturated rings. The Morgan fingerprint density at radius 2 is 2.05 bits per heavy atom. The number of rotatable bonds is 3. The summed E-state index contributed by atoms with van der Waals surface area (Å²) in [5, 5.41) is 0. The van der Waals surface area contributed by atoms with Gasteiger partial charge in [0.1, 0.15) is 0 Å². The Kier molecular flexibility index (Phi) is 4.43. The molecule has 0 saturated carbocycles. The Morgan fingerprint density at radius 3 is 2.68 bits per heavy atom. The lowest BCUT2D eigenvalue weighted by atomic mass is 10.1. The van der Waals surface area contributed by atoms with Gasteiger partial charge in [0.15, 0.2) is 0 Å². The number of morpholine rings is 1. The van der Waals surface area contributed by atoms with E-state index in [1.54, 1.807) is 4.90 Å². The average molecular weight is 302 g/mol. The first-order chi connectivity index (χ1) is 10.7. The summed E-state index contributed by atoms with van der Waals surface area (Å²) in [4.78, 5) is 27.9. The standard InChI is InChI=1S/C17H22N2O3/c1-2-15-12-18(10-11-22-15)17(21)13-5-7-14(8-6-13)19-9-3-4-16(19)20/h5-8,15H,2-4,9-12H2,1H3. The second-order valence-electron chi connectivity index (χ2n) is 5.85. The zero-order valence-corrected chi connectivity index (χ0v) is 13.0. The molecule has 1 unspecified atom stereocenters. The number of hydrogen-bond acceptors (Lipinski definition) is 3. The van der Waals surface area contributed by atoms with Gasteiger partial charge in [-0.15, -0.1) is 0 Å². The van der Waals surface area contributed by atoms with Crippen molar-refractivity contribution in [1.82, 2.24) is 4.90 Å². The van der Waals surface area contributed by atoms with E-state index in [0.29, 0.717) is 31.7 Å². The summed E-state index contributed by atoms with van der Waals surface area (Å²) in [5.41, 5.74) is 1.56. The molecule has 2 amide bonds. The van der Waals surface area contributed by atoms with Crippen molar-refractivity contribution in [1.29, 1.82) is 0 Å². The molecule has 5 heteroatoms. The van der Waals surface area contributed by atoms with Crippen LogP contribution in [0.2, 0.25) is 0 Å². The molecule has 3 rings (SSSR count). The minimum Gasteiger partial charge on any atom is -0.375 e. The summed E-state index contributed by atoms with van der Waals surface area (Å²) in [6, 6.07) is 7.38. The second kappa shape index (κ2) is 6.48. The zero-order valence-electron chi connectivity index (χ0n) is 13.0. The highest BCUT2D eigenvalue weighted by Crippen LogP contribution is 2.22. The SMILES string of the molecule is CCC1CN(C(=O)c2ccc(N3CCCC3=O)cc2)CCO1. The van der Waals surface area contributed by atoms with E-state index in [2.05, 4.69) is 6.92 Å². The Hall–Kier alpha value is -1.88. The third-order valence-electron chi connectivity index (χ3n) is 4.38. The highest BCUT2D eigenvalue weighted by molar-refractivity contribution is 5.97. The highest BCUT2D eigenvalue weighted by Gasteiger charge is 2.25. The number of carbonyl (C=O) groups is 2. The second-order valence-corrected chi connectivity index (χ2v) is 5.85. The molecule has 118 valence electrons. The van der Waals surface area contributed by atoms with Crippen molar-refractivity contribution < 1.29 is 14.3 Å². The van der Waals surface area contributed by atoms with Gasteiger partial charge in [0, 0.05) is 37.3 Å². The maximum Gasteiger partial charge on any atom is 0.254 e. The lowest BCUT2D eigenvalue weighted by Gasteiger charge is -2.32. The fourth-order valence-corrected chi connectivity index (χ4v) is 3.04. The molecule has 2 aliphatic rings. The molecule has 5 nitrogen and oxygen atoms in total. The maximum atomic E-state index is 12.5. The Morgan fingerprint density at radius 1 is 1.27 bits per heavy atom. The molecular weight excluding hydrogens is 280 g/mol. The van der Waals surface area contributed by atoms with E-state index >= 15 is 0 Å². The highest BCUT2D eigenvalue weighted by atomic mass is 16.5. The van der Waals surface area contributed by atoms with Crippen LogP contribution in [-0.2, 0) is 9.53 Å². The van der Waals surface area contributed by atoms with Gasteiger partial charge in [0.25, 0.3) is 5.91 Å². The first kappa shape index (κ1) is 15.0. The van der Waals surface area contributed by atoms with Gasteiger partial charge in [-0.1, -0.05) is 6.92 Å². The summed E-state index contributed by atoms with van der Waals surface area (Å²) >= 11 is 0. The number of carbonyl (C=O) groups excluding carboxylic acids is 2. The molecule has 0 bridgehead atoms. The number of ether oxygens (including phenoxy) is 1. The van der Waals surface area contributed by atoms with Crippen molar-refractivity contribution >= 4 is 17.5 Å². The topological polar surface area (TPSA) is 49.9 Å². The Labute approximate surface area is 130 Å². The van der Waals surface area contributed by atoms with Gasteiger partial charge in [-0.05, 0) is 37.1 Å². The predicted octanol–water partition coefficient (Wildman–Crippen LogP) is 2.06. The molecule has 0 aliphatic carbocycles. The fourth-order valence-electron chi connectivity index (χ4n) is 3.04. The molecule has 1 atom stereocenters. The van der Waals surface area contributed by atoms with Crippen LogP contribution >= 0.6 is 0 Å². The van der Waals surface area contributed by atoms with Gasteiger partial charge in [0.05, 0.1) is 12.7 Å². The molecule has 2 aliphatic heterocycles. The minimum atomic E-state index is 0.0426. The van der Waals surface area contributed by atoms with Crippen LogP contribution in [0.15, 0.2) is 24.3 Å². The van der Waals surface area contributed by atoms with Crippen molar-refractivity contribution in [2.45, 2.75) is 32.3 Å². The van der Waals surface area contributed by atoms with E-state index < -0.39 is 0 Å². The van der Waals surface area contributed by atoms with Crippen LogP contribution in [0.3, 0.4) is 0 Å². The van der Waals surface area contributed by atoms with Crippen LogP contribution in [0.1, 0.15) is 36.5 Å². The smallest absolute Gasteiger partial charge is 0.254 e. The largest absolute Gasteiger partial charge is 0.375 e. The summed E-state index contributed by atoms with van der Waals surface area (Å²) in [5.74, 6) is 0.207. The first-order valence-corrected chi connectivity index (χ1v) is 8.00. The molecule has 2 heterocycles. The van der Waals surface area contributed by atoms with Crippen molar-refractivity contribution in [3.63, 3.8) is 0 Å². The van der Waals surface area contributed by atoms with Gasteiger partial charge < -0.3 is 14.5 Å².